The maximum absolute atomic E-state index is 11.0. The summed E-state index contributed by atoms with van der Waals surface area (Å²) in [7, 11) is 0. The van der Waals surface area contributed by atoms with Crippen molar-refractivity contribution in [2.75, 3.05) is 11.4 Å². The van der Waals surface area contributed by atoms with Crippen LogP contribution in [-0.2, 0) is 4.79 Å². The highest BCUT2D eigenvalue weighted by molar-refractivity contribution is 6.65. The Morgan fingerprint density at radius 3 is 2.43 bits per heavy atom. The summed E-state index contributed by atoms with van der Waals surface area (Å²) in [5.74, 6) is 0. The van der Waals surface area contributed by atoms with Gasteiger partial charge in [0, 0.05) is 12.2 Å². The summed E-state index contributed by atoms with van der Waals surface area (Å²) in [6.45, 7) is 4.58. The molecule has 0 spiro atoms. The lowest BCUT2D eigenvalue weighted by atomic mass is 10.2. The third-order valence-electron chi connectivity index (χ3n) is 2.22. The fourth-order valence-electron chi connectivity index (χ4n) is 1.42. The normalized spacial score (nSPS) is 12.2. The number of halogens is 1. The summed E-state index contributed by atoms with van der Waals surface area (Å²) in [6.07, 6.45) is 0. The maximum Gasteiger partial charge on any atom is 0.243 e. The van der Waals surface area contributed by atoms with Crippen molar-refractivity contribution >= 4 is 22.5 Å². The zero-order chi connectivity index (χ0) is 10.6. The molecule has 76 valence electrons. The maximum atomic E-state index is 11.0. The lowest BCUT2D eigenvalue weighted by molar-refractivity contribution is -0.112. The van der Waals surface area contributed by atoms with Crippen molar-refractivity contribution in [3.63, 3.8) is 0 Å². The number of likely N-dealkylation sites (N-methyl/N-ethyl adjacent to an activating group) is 1. The van der Waals surface area contributed by atoms with Crippen LogP contribution < -0.4 is 4.90 Å². The molecule has 3 heteroatoms. The Labute approximate surface area is 89.5 Å². The quantitative estimate of drug-likeness (QED) is 0.714. The van der Waals surface area contributed by atoms with Gasteiger partial charge in [-0.05, 0) is 37.6 Å². The summed E-state index contributed by atoms with van der Waals surface area (Å²) in [5, 5.41) is -0.323. The van der Waals surface area contributed by atoms with E-state index in [-0.39, 0.29) is 11.3 Å². The van der Waals surface area contributed by atoms with Crippen LogP contribution in [0.5, 0.6) is 0 Å². The third-order valence-corrected chi connectivity index (χ3v) is 2.54. The van der Waals surface area contributed by atoms with Crippen LogP contribution in [0.1, 0.15) is 13.8 Å². The van der Waals surface area contributed by atoms with Gasteiger partial charge in [0.15, 0.2) is 0 Å². The van der Waals surface area contributed by atoms with Crippen molar-refractivity contribution in [2.45, 2.75) is 19.9 Å². The number of carbonyl (C=O) groups excluding carboxylic acids is 1. The molecular weight excluding hydrogens is 198 g/mol. The number of hydrogen-bond acceptors (Lipinski definition) is 2. The van der Waals surface area contributed by atoms with E-state index in [1.54, 1.807) is 0 Å². The largest absolute Gasteiger partial charge is 0.361 e. The minimum absolute atomic E-state index is 0.274. The highest BCUT2D eigenvalue weighted by atomic mass is 35.5. The number of anilines is 1. The molecule has 2 nitrogen and oxygen atoms in total. The average molecular weight is 212 g/mol. The molecule has 0 aliphatic carbocycles. The van der Waals surface area contributed by atoms with Crippen molar-refractivity contribution in [1.29, 1.82) is 0 Å². The average Bonchev–Trinajstić information content (AvgIpc) is 2.20. The van der Waals surface area contributed by atoms with Crippen molar-refractivity contribution < 1.29 is 4.79 Å². The number of rotatable bonds is 4. The van der Waals surface area contributed by atoms with E-state index < -0.39 is 0 Å². The number of carbonyl (C=O) groups is 1. The van der Waals surface area contributed by atoms with Crippen LogP contribution in [0.15, 0.2) is 30.3 Å². The zero-order valence-electron chi connectivity index (χ0n) is 8.40. The highest BCUT2D eigenvalue weighted by Crippen LogP contribution is 2.16. The minimum atomic E-state index is -0.323. The van der Waals surface area contributed by atoms with Gasteiger partial charge < -0.3 is 4.90 Å². The molecule has 0 saturated heterocycles. The van der Waals surface area contributed by atoms with E-state index in [1.807, 2.05) is 49.1 Å². The molecule has 0 heterocycles. The molecule has 0 saturated carbocycles. The molecule has 0 aliphatic heterocycles. The van der Waals surface area contributed by atoms with Crippen LogP contribution in [0.25, 0.3) is 0 Å². The molecule has 0 bridgehead atoms. The second kappa shape index (κ2) is 5.01. The molecule has 0 amide bonds. The van der Waals surface area contributed by atoms with Crippen LogP contribution in [0.2, 0.25) is 0 Å². The third kappa shape index (κ3) is 2.48. The molecular formula is C11H14ClNO. The van der Waals surface area contributed by atoms with Crippen molar-refractivity contribution in [2.24, 2.45) is 0 Å². The van der Waals surface area contributed by atoms with Gasteiger partial charge in [-0.15, -0.1) is 0 Å². The Hall–Kier alpha value is -1.02. The van der Waals surface area contributed by atoms with E-state index in [9.17, 15) is 4.79 Å². The second-order valence-corrected chi connectivity index (χ2v) is 3.47. The molecule has 0 N–H and O–H groups in total. The molecule has 1 atom stereocenters. The summed E-state index contributed by atoms with van der Waals surface area (Å²) in [6, 6.07) is 9.51. The molecule has 14 heavy (non-hydrogen) atoms. The van der Waals surface area contributed by atoms with Gasteiger partial charge in [-0.1, -0.05) is 18.2 Å². The van der Waals surface area contributed by atoms with Gasteiger partial charge in [-0.3, -0.25) is 4.79 Å². The van der Waals surface area contributed by atoms with Crippen LogP contribution in [0.4, 0.5) is 5.69 Å². The van der Waals surface area contributed by atoms with Gasteiger partial charge in [-0.2, -0.15) is 0 Å². The molecule has 0 fully saturated rings. The van der Waals surface area contributed by atoms with Crippen LogP contribution in [0.3, 0.4) is 0 Å². The Balaban J connectivity index is 2.87. The van der Waals surface area contributed by atoms with E-state index >= 15 is 0 Å². The lowest BCUT2D eigenvalue weighted by Gasteiger charge is -2.27. The van der Waals surface area contributed by atoms with Crippen LogP contribution >= 0.6 is 11.6 Å². The molecule has 1 rings (SSSR count). The van der Waals surface area contributed by atoms with E-state index in [0.717, 1.165) is 12.2 Å². The first kappa shape index (κ1) is 11.1. The SMILES string of the molecule is CCN(c1ccccc1)C(C)C(=O)Cl. The van der Waals surface area contributed by atoms with E-state index in [2.05, 4.69) is 0 Å². The Morgan fingerprint density at radius 2 is 2.00 bits per heavy atom. The first-order chi connectivity index (χ1) is 6.66. The number of nitrogens with zero attached hydrogens (tertiary/aromatic N) is 1. The van der Waals surface area contributed by atoms with Gasteiger partial charge in [0.1, 0.15) is 6.04 Å². The van der Waals surface area contributed by atoms with Crippen molar-refractivity contribution in [3.05, 3.63) is 30.3 Å². The first-order valence-corrected chi connectivity index (χ1v) is 5.05. The minimum Gasteiger partial charge on any atom is -0.361 e. The monoisotopic (exact) mass is 211 g/mol. The van der Waals surface area contributed by atoms with Gasteiger partial charge in [-0.25, -0.2) is 0 Å². The predicted octanol–water partition coefficient (Wildman–Crippen LogP) is 2.67. The summed E-state index contributed by atoms with van der Waals surface area (Å²) < 4.78 is 0. The lowest BCUT2D eigenvalue weighted by Crippen LogP contribution is -2.36. The van der Waals surface area contributed by atoms with Crippen molar-refractivity contribution in [3.8, 4) is 0 Å². The first-order valence-electron chi connectivity index (χ1n) is 4.67. The second-order valence-electron chi connectivity index (χ2n) is 3.10. The summed E-state index contributed by atoms with van der Waals surface area (Å²) in [5.41, 5.74) is 1.02. The molecule has 1 aromatic rings. The molecule has 1 aromatic carbocycles. The van der Waals surface area contributed by atoms with Gasteiger partial charge in [0.05, 0.1) is 0 Å². The van der Waals surface area contributed by atoms with E-state index in [1.165, 1.54) is 0 Å². The van der Waals surface area contributed by atoms with E-state index in [0.29, 0.717) is 0 Å². The van der Waals surface area contributed by atoms with E-state index in [4.69, 9.17) is 11.6 Å². The van der Waals surface area contributed by atoms with Crippen LogP contribution in [0, 0.1) is 0 Å². The molecule has 0 aliphatic rings. The van der Waals surface area contributed by atoms with Crippen LogP contribution in [-0.4, -0.2) is 17.8 Å². The standard InChI is InChI=1S/C11H14ClNO/c1-3-13(9(2)11(12)14)10-7-5-4-6-8-10/h4-9H,3H2,1-2H3. The van der Waals surface area contributed by atoms with Gasteiger partial charge in [0.2, 0.25) is 5.24 Å². The molecule has 0 radical (unpaired) electrons. The Kier molecular flexibility index (Phi) is 3.96. The van der Waals surface area contributed by atoms with Gasteiger partial charge >= 0.3 is 0 Å². The van der Waals surface area contributed by atoms with Crippen molar-refractivity contribution in [1.82, 2.24) is 0 Å². The Morgan fingerprint density at radius 1 is 1.43 bits per heavy atom. The number of hydrogen-bond donors (Lipinski definition) is 0. The van der Waals surface area contributed by atoms with Gasteiger partial charge in [0.25, 0.3) is 0 Å². The Bertz CT molecular complexity index is 299. The number of para-hydroxylation sites is 1. The molecule has 0 aromatic heterocycles. The zero-order valence-corrected chi connectivity index (χ0v) is 9.16. The fraction of sp³-hybridized carbons (Fsp3) is 0.364. The topological polar surface area (TPSA) is 20.3 Å². The highest BCUT2D eigenvalue weighted by Gasteiger charge is 2.17. The molecule has 1 unspecified atom stereocenters. The fourth-order valence-corrected chi connectivity index (χ4v) is 1.54. The summed E-state index contributed by atoms with van der Waals surface area (Å²) in [4.78, 5) is 13.0. The smallest absolute Gasteiger partial charge is 0.243 e. The summed E-state index contributed by atoms with van der Waals surface area (Å²) >= 11 is 5.47. The predicted molar refractivity (Wildman–Crippen MR) is 59.8 cm³/mol. The number of benzene rings is 1.